The molecule has 1 aromatic heterocycles. The first-order valence-electron chi connectivity index (χ1n) is 8.84. The maximum absolute atomic E-state index is 12.3. The molecule has 6 nitrogen and oxygen atoms in total. The Morgan fingerprint density at radius 1 is 1.23 bits per heavy atom. The van der Waals surface area contributed by atoms with E-state index >= 15 is 0 Å². The Kier molecular flexibility index (Phi) is 4.84. The molecule has 1 aliphatic rings. The molecule has 1 fully saturated rings. The van der Waals surface area contributed by atoms with E-state index in [1.165, 1.54) is 0 Å². The molecule has 6 heteroatoms. The first-order chi connectivity index (χ1) is 12.8. The van der Waals surface area contributed by atoms with E-state index in [1.807, 2.05) is 36.4 Å². The molecule has 1 aliphatic heterocycles. The van der Waals surface area contributed by atoms with Crippen LogP contribution < -0.4 is 10.1 Å². The highest BCUT2D eigenvalue weighted by atomic mass is 16.5. The molecular formula is C20H21N3O3. The molecular weight excluding hydrogens is 330 g/mol. The number of imidazole rings is 1. The Morgan fingerprint density at radius 2 is 2.08 bits per heavy atom. The molecule has 0 spiro atoms. The van der Waals surface area contributed by atoms with Crippen molar-refractivity contribution in [1.82, 2.24) is 15.3 Å². The van der Waals surface area contributed by atoms with Crippen molar-refractivity contribution in [2.24, 2.45) is 0 Å². The first-order valence-corrected chi connectivity index (χ1v) is 8.84. The highest BCUT2D eigenvalue weighted by molar-refractivity contribution is 5.94. The number of rotatable bonds is 6. The number of nitrogens with one attached hydrogen (secondary N) is 2. The molecule has 1 atom stereocenters. The molecule has 4 rings (SSSR count). The van der Waals surface area contributed by atoms with Crippen molar-refractivity contribution in [2.75, 3.05) is 13.2 Å². The molecule has 134 valence electrons. The van der Waals surface area contributed by atoms with Gasteiger partial charge in [0.1, 0.15) is 18.2 Å². The third-order valence-electron chi connectivity index (χ3n) is 4.43. The second-order valence-electron chi connectivity index (χ2n) is 6.35. The van der Waals surface area contributed by atoms with E-state index in [0.717, 1.165) is 42.1 Å². The lowest BCUT2D eigenvalue weighted by molar-refractivity contribution is 0.0679. The summed E-state index contributed by atoms with van der Waals surface area (Å²) in [5.74, 6) is 1.33. The number of hydrogen-bond acceptors (Lipinski definition) is 4. The monoisotopic (exact) mass is 351 g/mol. The van der Waals surface area contributed by atoms with Gasteiger partial charge in [0.05, 0.1) is 23.7 Å². The van der Waals surface area contributed by atoms with Crippen LogP contribution >= 0.6 is 0 Å². The van der Waals surface area contributed by atoms with Crippen LogP contribution in [-0.4, -0.2) is 35.2 Å². The zero-order chi connectivity index (χ0) is 17.8. The van der Waals surface area contributed by atoms with Gasteiger partial charge in [0, 0.05) is 12.2 Å². The fraction of sp³-hybridized carbons (Fsp3) is 0.300. The van der Waals surface area contributed by atoms with Crippen LogP contribution in [0.25, 0.3) is 11.0 Å². The molecule has 0 bridgehead atoms. The van der Waals surface area contributed by atoms with Crippen LogP contribution in [0.1, 0.15) is 29.0 Å². The number of amides is 1. The number of ether oxygens (including phenoxy) is 2. The number of aromatic nitrogens is 2. The van der Waals surface area contributed by atoms with E-state index in [4.69, 9.17) is 9.47 Å². The van der Waals surface area contributed by atoms with Gasteiger partial charge in [0.15, 0.2) is 0 Å². The van der Waals surface area contributed by atoms with Gasteiger partial charge < -0.3 is 19.8 Å². The van der Waals surface area contributed by atoms with Crippen LogP contribution in [0.4, 0.5) is 0 Å². The zero-order valence-electron chi connectivity index (χ0n) is 14.4. The minimum absolute atomic E-state index is 0.142. The van der Waals surface area contributed by atoms with Gasteiger partial charge in [0.2, 0.25) is 0 Å². The Hall–Kier alpha value is -2.86. The van der Waals surface area contributed by atoms with Gasteiger partial charge in [-0.3, -0.25) is 4.79 Å². The highest BCUT2D eigenvalue weighted by Gasteiger charge is 2.16. The van der Waals surface area contributed by atoms with Gasteiger partial charge in [-0.2, -0.15) is 0 Å². The Morgan fingerprint density at radius 3 is 2.85 bits per heavy atom. The Bertz CT molecular complexity index is 850. The van der Waals surface area contributed by atoms with Gasteiger partial charge >= 0.3 is 0 Å². The summed E-state index contributed by atoms with van der Waals surface area (Å²) in [5.41, 5.74) is 2.44. The topological polar surface area (TPSA) is 76.2 Å². The molecule has 1 unspecified atom stereocenters. The van der Waals surface area contributed by atoms with Crippen molar-refractivity contribution < 1.29 is 14.3 Å². The van der Waals surface area contributed by atoms with E-state index in [9.17, 15) is 4.79 Å². The maximum Gasteiger partial charge on any atom is 0.251 e. The van der Waals surface area contributed by atoms with Crippen molar-refractivity contribution >= 4 is 16.9 Å². The van der Waals surface area contributed by atoms with E-state index in [0.29, 0.717) is 18.7 Å². The predicted molar refractivity (Wildman–Crippen MR) is 98.2 cm³/mol. The van der Waals surface area contributed by atoms with Gasteiger partial charge in [-0.15, -0.1) is 0 Å². The SMILES string of the molecule is O=C(NCc1nc2ccccc2[nH]1)c1ccc(OCC2CCCO2)cc1. The van der Waals surface area contributed by atoms with Crippen LogP contribution in [-0.2, 0) is 11.3 Å². The van der Waals surface area contributed by atoms with Crippen molar-refractivity contribution in [2.45, 2.75) is 25.5 Å². The smallest absolute Gasteiger partial charge is 0.251 e. The molecule has 2 heterocycles. The summed E-state index contributed by atoms with van der Waals surface area (Å²) in [4.78, 5) is 19.9. The van der Waals surface area contributed by atoms with Gasteiger partial charge in [-0.05, 0) is 49.2 Å². The lowest BCUT2D eigenvalue weighted by Crippen LogP contribution is -2.23. The van der Waals surface area contributed by atoms with Crippen LogP contribution in [0.15, 0.2) is 48.5 Å². The lowest BCUT2D eigenvalue weighted by Gasteiger charge is -2.11. The summed E-state index contributed by atoms with van der Waals surface area (Å²) in [6.07, 6.45) is 2.32. The third-order valence-corrected chi connectivity index (χ3v) is 4.43. The molecule has 0 radical (unpaired) electrons. The van der Waals surface area contributed by atoms with Gasteiger partial charge in [0.25, 0.3) is 5.91 Å². The molecule has 1 saturated heterocycles. The van der Waals surface area contributed by atoms with Crippen molar-refractivity contribution in [1.29, 1.82) is 0 Å². The quantitative estimate of drug-likeness (QED) is 0.716. The highest BCUT2D eigenvalue weighted by Crippen LogP contribution is 2.17. The normalized spacial score (nSPS) is 16.7. The molecule has 26 heavy (non-hydrogen) atoms. The Balaban J connectivity index is 1.31. The summed E-state index contributed by atoms with van der Waals surface area (Å²) < 4.78 is 11.3. The van der Waals surface area contributed by atoms with E-state index in [-0.39, 0.29) is 12.0 Å². The summed E-state index contributed by atoms with van der Waals surface area (Å²) in [7, 11) is 0. The number of nitrogens with zero attached hydrogens (tertiary/aromatic N) is 1. The average molecular weight is 351 g/mol. The minimum atomic E-state index is -0.142. The number of fused-ring (bicyclic) bond motifs is 1. The van der Waals surface area contributed by atoms with Crippen molar-refractivity contribution in [3.8, 4) is 5.75 Å². The lowest BCUT2D eigenvalue weighted by atomic mass is 10.2. The molecule has 0 aliphatic carbocycles. The average Bonchev–Trinajstić information content (AvgIpc) is 3.34. The maximum atomic E-state index is 12.3. The molecule has 3 aromatic rings. The third kappa shape index (κ3) is 3.86. The van der Waals surface area contributed by atoms with E-state index < -0.39 is 0 Å². The Labute approximate surface area is 151 Å². The predicted octanol–water partition coefficient (Wildman–Crippen LogP) is 3.05. The summed E-state index contributed by atoms with van der Waals surface area (Å²) in [5, 5.41) is 2.88. The molecule has 2 N–H and O–H groups in total. The van der Waals surface area contributed by atoms with Crippen molar-refractivity contribution in [3.63, 3.8) is 0 Å². The fourth-order valence-electron chi connectivity index (χ4n) is 3.02. The molecule has 0 saturated carbocycles. The number of para-hydroxylation sites is 2. The van der Waals surface area contributed by atoms with E-state index in [2.05, 4.69) is 15.3 Å². The fourth-order valence-corrected chi connectivity index (χ4v) is 3.02. The minimum Gasteiger partial charge on any atom is -0.491 e. The largest absolute Gasteiger partial charge is 0.491 e. The van der Waals surface area contributed by atoms with Crippen LogP contribution in [0, 0.1) is 0 Å². The second-order valence-corrected chi connectivity index (χ2v) is 6.35. The van der Waals surface area contributed by atoms with E-state index in [1.54, 1.807) is 12.1 Å². The summed E-state index contributed by atoms with van der Waals surface area (Å²) in [6, 6.07) is 14.9. The van der Waals surface area contributed by atoms with Gasteiger partial charge in [-0.25, -0.2) is 4.98 Å². The first kappa shape index (κ1) is 16.6. The zero-order valence-corrected chi connectivity index (χ0v) is 14.4. The second kappa shape index (κ2) is 7.58. The number of carbonyl (C=O) groups is 1. The summed E-state index contributed by atoms with van der Waals surface area (Å²) >= 11 is 0. The number of hydrogen-bond donors (Lipinski definition) is 2. The molecule has 2 aromatic carbocycles. The number of aromatic amines is 1. The standard InChI is InChI=1S/C20H21N3O3/c24-20(21-12-19-22-17-5-1-2-6-18(17)23-19)14-7-9-15(10-8-14)26-13-16-4-3-11-25-16/h1-2,5-10,16H,3-4,11-13H2,(H,21,24)(H,22,23). The van der Waals surface area contributed by atoms with Gasteiger partial charge in [-0.1, -0.05) is 12.1 Å². The van der Waals surface area contributed by atoms with Crippen LogP contribution in [0.5, 0.6) is 5.75 Å². The number of carbonyl (C=O) groups excluding carboxylic acids is 1. The van der Waals surface area contributed by atoms with Crippen LogP contribution in [0.3, 0.4) is 0 Å². The van der Waals surface area contributed by atoms with Crippen molar-refractivity contribution in [3.05, 3.63) is 59.9 Å². The molecule has 1 amide bonds. The number of benzene rings is 2. The van der Waals surface area contributed by atoms with Crippen LogP contribution in [0.2, 0.25) is 0 Å². The number of H-pyrrole nitrogens is 1. The summed E-state index contributed by atoms with van der Waals surface area (Å²) in [6.45, 7) is 1.72.